The van der Waals surface area contributed by atoms with Gasteiger partial charge in [0.2, 0.25) is 0 Å². The van der Waals surface area contributed by atoms with Crippen LogP contribution in [0.15, 0.2) is 109 Å². The van der Waals surface area contributed by atoms with Gasteiger partial charge < -0.3 is 70.6 Å². The predicted octanol–water partition coefficient (Wildman–Crippen LogP) is 5.02. The van der Waals surface area contributed by atoms with Gasteiger partial charge in [-0.15, -0.1) is 0 Å². The number of esters is 1. The number of Topliss-reactive ketones (excluding diaryl/α,β-unsaturated/α-hetero) is 2. The molecule has 0 aliphatic carbocycles. The van der Waals surface area contributed by atoms with Crippen LogP contribution >= 0.6 is 0 Å². The van der Waals surface area contributed by atoms with Gasteiger partial charge >= 0.3 is 11.9 Å². The number of rotatable bonds is 10. The Morgan fingerprint density at radius 1 is 0.747 bits per heavy atom. The van der Waals surface area contributed by atoms with Gasteiger partial charge in [-0.1, -0.05) is 98.9 Å². The summed E-state index contributed by atoms with van der Waals surface area (Å²) in [5.74, 6) is -7.30. The van der Waals surface area contributed by atoms with Crippen LogP contribution in [0.5, 0.6) is 0 Å². The van der Waals surface area contributed by atoms with Gasteiger partial charge in [-0.3, -0.25) is 19.2 Å². The Bertz CT molecular complexity index is 2130. The van der Waals surface area contributed by atoms with Crippen molar-refractivity contribution < 1.29 is 84.1 Å². The number of allylic oxidation sites excluding steroid dienone is 12. The molecule has 4 rings (SSSR count). The molecule has 416 valence electrons. The maximum atomic E-state index is 13.2. The van der Waals surface area contributed by atoms with Crippen LogP contribution in [0.1, 0.15) is 121 Å². The summed E-state index contributed by atoms with van der Waals surface area (Å²) in [5, 5.41) is 96.7. The van der Waals surface area contributed by atoms with E-state index in [2.05, 4.69) is 0 Å². The molecule has 2 saturated heterocycles. The number of carboxylic acid groups (broad SMARTS) is 1. The number of hydrogen-bond donors (Lipinski definition) is 10. The first kappa shape index (κ1) is 62.6. The van der Waals surface area contributed by atoms with E-state index in [-0.39, 0.29) is 75.6 Å². The highest BCUT2D eigenvalue weighted by atomic mass is 16.7. The van der Waals surface area contributed by atoms with Crippen molar-refractivity contribution in [2.75, 3.05) is 12.3 Å². The highest BCUT2D eigenvalue weighted by molar-refractivity contribution is 5.96. The van der Waals surface area contributed by atoms with Crippen LogP contribution in [0.25, 0.3) is 0 Å². The van der Waals surface area contributed by atoms with Gasteiger partial charge in [0.15, 0.2) is 17.9 Å². The van der Waals surface area contributed by atoms with Crippen LogP contribution < -0.4 is 5.73 Å². The summed E-state index contributed by atoms with van der Waals surface area (Å²) in [6.07, 6.45) is 12.5. The van der Waals surface area contributed by atoms with Gasteiger partial charge in [0.05, 0.1) is 61.5 Å². The van der Waals surface area contributed by atoms with Crippen molar-refractivity contribution in [1.82, 2.24) is 0 Å². The number of anilines is 1. The molecule has 18 nitrogen and oxygen atoms in total. The molecular formula is C57H81NO17. The minimum absolute atomic E-state index is 0.0433. The first-order valence-electron chi connectivity index (χ1n) is 26.1. The minimum Gasteiger partial charge on any atom is -0.481 e. The highest BCUT2D eigenvalue weighted by Gasteiger charge is 2.50. The lowest BCUT2D eigenvalue weighted by Gasteiger charge is -2.44. The summed E-state index contributed by atoms with van der Waals surface area (Å²) in [6, 6.07) is 6.44. The molecule has 75 heavy (non-hydrogen) atoms. The van der Waals surface area contributed by atoms with E-state index in [1.54, 1.807) is 78.9 Å². The highest BCUT2D eigenvalue weighted by Crippen LogP contribution is 2.38. The summed E-state index contributed by atoms with van der Waals surface area (Å²) >= 11 is 0. The van der Waals surface area contributed by atoms with Gasteiger partial charge in [0, 0.05) is 55.7 Å². The van der Waals surface area contributed by atoms with Crippen LogP contribution in [-0.2, 0) is 33.3 Å². The molecule has 18 heteroatoms. The number of nitrogen functional groups attached to an aromatic ring is 1. The Balaban J connectivity index is 1.49. The van der Waals surface area contributed by atoms with Crippen molar-refractivity contribution in [1.29, 1.82) is 0 Å². The van der Waals surface area contributed by atoms with Crippen molar-refractivity contribution >= 4 is 29.2 Å². The number of carbonyl (C=O) groups excluding carboxylic acids is 3. The maximum Gasteiger partial charge on any atom is 0.313 e. The second-order valence-electron chi connectivity index (χ2n) is 20.2. The number of aliphatic hydroxyl groups excluding tert-OH is 7. The Morgan fingerprint density at radius 3 is 1.92 bits per heavy atom. The third-order valence-corrected chi connectivity index (χ3v) is 13.4. The average molecular weight is 1050 g/mol. The topological polar surface area (TPSA) is 313 Å². The maximum absolute atomic E-state index is 13.2. The molecule has 3 aliphatic rings. The van der Waals surface area contributed by atoms with Crippen molar-refractivity contribution in [2.45, 2.75) is 183 Å². The minimum atomic E-state index is -2.18. The average Bonchev–Trinajstić information content (AvgIpc) is 3.32. The van der Waals surface area contributed by atoms with Crippen LogP contribution in [0.4, 0.5) is 5.69 Å². The number of fused-ring (bicyclic) bond motifs is 2. The number of nitrogens with two attached hydrogens (primary N) is 1. The number of aliphatic carboxylic acids is 1. The zero-order valence-electron chi connectivity index (χ0n) is 43.2. The summed E-state index contributed by atoms with van der Waals surface area (Å²) in [6.45, 7) is 3.76. The number of benzene rings is 1. The molecule has 0 spiro atoms. The Morgan fingerprint density at radius 2 is 1.33 bits per heavy atom. The summed E-state index contributed by atoms with van der Waals surface area (Å²) in [4.78, 5) is 51.5. The van der Waals surface area contributed by atoms with E-state index in [4.69, 9.17) is 24.7 Å². The third kappa shape index (κ3) is 23.9. The number of cyclic esters (lactones) is 1. The van der Waals surface area contributed by atoms with Gasteiger partial charge in [-0.25, -0.2) is 0 Å². The predicted molar refractivity (Wildman–Crippen MR) is 279 cm³/mol. The Labute approximate surface area is 440 Å². The number of ether oxygens (including phenoxy) is 4. The lowest BCUT2D eigenvalue weighted by molar-refractivity contribution is -0.303. The molecule has 2 bridgehead atoms. The SMILES string of the molecule is CC1/C=C/C=C/C=C/C=C/C=C/C=C/C=C/C(OC2CCC(O)CO2)CC2OC(O)(CC(O)CC(O)CCCC(O)CC(O)CC(=O)CC(=O)OC1C(C)CCC(O)CC(=O)c1ccc(N)cc1)CC(O)C2C(=O)O. The van der Waals surface area contributed by atoms with E-state index in [0.717, 1.165) is 0 Å². The number of aliphatic hydroxyl groups is 8. The second-order valence-corrected chi connectivity index (χ2v) is 20.2. The van der Waals surface area contributed by atoms with E-state index in [9.17, 15) is 65.1 Å². The molecule has 0 saturated carbocycles. The zero-order chi connectivity index (χ0) is 54.9. The van der Waals surface area contributed by atoms with Crippen LogP contribution in [0.2, 0.25) is 0 Å². The molecule has 15 atom stereocenters. The summed E-state index contributed by atoms with van der Waals surface area (Å²) in [7, 11) is 0. The van der Waals surface area contributed by atoms with E-state index in [0.29, 0.717) is 30.5 Å². The van der Waals surface area contributed by atoms with Gasteiger partial charge in [0.25, 0.3) is 0 Å². The fraction of sp³-hybridized carbons (Fsp3) is 0.579. The van der Waals surface area contributed by atoms with E-state index < -0.39 is 122 Å². The van der Waals surface area contributed by atoms with Crippen LogP contribution in [-0.4, -0.2) is 149 Å². The van der Waals surface area contributed by atoms with Crippen molar-refractivity contribution in [3.63, 3.8) is 0 Å². The quantitative estimate of drug-likeness (QED) is 0.0637. The number of carbonyl (C=O) groups is 4. The monoisotopic (exact) mass is 1050 g/mol. The molecule has 11 N–H and O–H groups in total. The molecular weight excluding hydrogens is 971 g/mol. The number of carboxylic acids is 1. The zero-order valence-corrected chi connectivity index (χ0v) is 43.2. The summed E-state index contributed by atoms with van der Waals surface area (Å²) < 4.78 is 23.7. The van der Waals surface area contributed by atoms with E-state index >= 15 is 0 Å². The molecule has 0 aromatic heterocycles. The fourth-order valence-corrected chi connectivity index (χ4v) is 9.50. The van der Waals surface area contributed by atoms with Crippen LogP contribution in [0.3, 0.4) is 0 Å². The number of hydrogen-bond acceptors (Lipinski definition) is 17. The smallest absolute Gasteiger partial charge is 0.313 e. The first-order chi connectivity index (χ1) is 35.7. The standard InChI is InChI=1S/C57H81NO17/c1-37-16-13-11-9-7-5-3-4-6-8-10-12-14-19-48(73-53-27-26-44(62)36-72-53)33-51-54(56(69)70)50(67)35-57(71,75-51)34-47(65)29-42(60)18-15-17-41(59)28-45(63)30-46(64)32-52(68)74-55(37)38(2)20-25-43(61)31-49(66)39-21-23-40(58)24-22-39/h3-14,16,19,21-24,37-38,41-45,47-48,50-51,53-55,59-63,65,67,71H,15,17-18,20,25-36,58H2,1-2H3,(H,69,70)/b4-3+,7-5+,8-6+,11-9+,12-10+,16-13+,19-14+. The largest absolute Gasteiger partial charge is 0.481 e. The Kier molecular flexibility index (Phi) is 27.2. The third-order valence-electron chi connectivity index (χ3n) is 13.4. The fourth-order valence-electron chi connectivity index (χ4n) is 9.50. The van der Waals surface area contributed by atoms with Crippen molar-refractivity contribution in [3.05, 3.63) is 115 Å². The molecule has 0 amide bonds. The molecule has 15 unspecified atom stereocenters. The number of ketones is 2. The van der Waals surface area contributed by atoms with Gasteiger partial charge in [-0.05, 0) is 81.5 Å². The van der Waals surface area contributed by atoms with E-state index in [1.165, 1.54) is 0 Å². The normalized spacial score (nSPS) is 35.8. The molecule has 1 aromatic rings. The van der Waals surface area contributed by atoms with Crippen molar-refractivity contribution in [3.8, 4) is 0 Å². The molecule has 1 aromatic carbocycles. The van der Waals surface area contributed by atoms with Crippen LogP contribution in [0, 0.1) is 17.8 Å². The second kappa shape index (κ2) is 32.6. The van der Waals surface area contributed by atoms with E-state index in [1.807, 2.05) is 44.2 Å². The van der Waals surface area contributed by atoms with Gasteiger partial charge in [0.1, 0.15) is 24.2 Å². The Hall–Kier alpha value is -4.96. The molecule has 3 heterocycles. The molecule has 3 aliphatic heterocycles. The lowest BCUT2D eigenvalue weighted by atomic mass is 9.83. The summed E-state index contributed by atoms with van der Waals surface area (Å²) in [5.41, 5.74) is 6.68. The molecule has 0 radical (unpaired) electrons. The van der Waals surface area contributed by atoms with Crippen molar-refractivity contribution in [2.24, 2.45) is 17.8 Å². The lowest BCUT2D eigenvalue weighted by Crippen LogP contribution is -2.56. The first-order valence-corrected chi connectivity index (χ1v) is 26.1. The van der Waals surface area contributed by atoms with Gasteiger partial charge in [-0.2, -0.15) is 0 Å². The molecule has 2 fully saturated rings.